The number of rotatable bonds is 3. The van der Waals surface area contributed by atoms with E-state index < -0.39 is 18.3 Å². The number of likely N-dealkylation sites (N-methyl/N-ethyl adjacent to an activating group) is 1. The van der Waals surface area contributed by atoms with Crippen LogP contribution in [-0.2, 0) is 9.31 Å². The molecule has 0 atom stereocenters. The summed E-state index contributed by atoms with van der Waals surface area (Å²) < 4.78 is 11.7. The van der Waals surface area contributed by atoms with Crippen LogP contribution in [0.2, 0.25) is 0 Å². The van der Waals surface area contributed by atoms with Crippen LogP contribution >= 0.6 is 0 Å². The number of aliphatic imine (C=N–C) groups is 1. The third kappa shape index (κ3) is 3.39. The number of nitrogens with zero attached hydrogens (tertiary/aromatic N) is 2. The van der Waals surface area contributed by atoms with E-state index in [0.717, 1.165) is 5.84 Å². The van der Waals surface area contributed by atoms with Gasteiger partial charge in [0.05, 0.1) is 16.8 Å². The molecule has 0 radical (unpaired) electrons. The Morgan fingerprint density at radius 3 is 2.05 bits per heavy atom. The fourth-order valence-corrected chi connectivity index (χ4v) is 1.53. The van der Waals surface area contributed by atoms with Gasteiger partial charge in [-0.3, -0.25) is 0 Å². The van der Waals surface area contributed by atoms with E-state index in [9.17, 15) is 0 Å². The van der Waals surface area contributed by atoms with Gasteiger partial charge in [0.1, 0.15) is 5.84 Å². The second kappa shape index (κ2) is 5.39. The van der Waals surface area contributed by atoms with Crippen molar-refractivity contribution in [2.45, 2.75) is 38.9 Å². The second-order valence-electron chi connectivity index (χ2n) is 5.80. The maximum Gasteiger partial charge on any atom is 0.513 e. The Morgan fingerprint density at radius 2 is 1.68 bits per heavy atom. The minimum absolute atomic E-state index is 0.400. The lowest BCUT2D eigenvalue weighted by Crippen LogP contribution is -2.41. The second-order valence-corrected chi connectivity index (χ2v) is 5.80. The average molecular weight is 265 g/mol. The van der Waals surface area contributed by atoms with E-state index in [1.807, 2.05) is 46.7 Å². The van der Waals surface area contributed by atoms with E-state index in [2.05, 4.69) is 11.6 Å². The van der Waals surface area contributed by atoms with Crippen LogP contribution in [0, 0.1) is 0 Å². The highest BCUT2D eigenvalue weighted by atomic mass is 16.7. The van der Waals surface area contributed by atoms with Crippen LogP contribution in [-0.4, -0.2) is 43.2 Å². The maximum absolute atomic E-state index is 5.98. The van der Waals surface area contributed by atoms with Gasteiger partial charge < -0.3 is 19.9 Å². The van der Waals surface area contributed by atoms with Gasteiger partial charge in [-0.15, -0.1) is 0 Å². The van der Waals surface area contributed by atoms with E-state index in [1.165, 1.54) is 0 Å². The molecule has 1 rings (SSSR count). The molecule has 0 aromatic carbocycles. The van der Waals surface area contributed by atoms with E-state index in [-0.39, 0.29) is 0 Å². The normalized spacial score (nSPS) is 22.5. The standard InChI is InChI=1S/C13H24BN3O2/c1-8-11(17(6)7)16-9-10(15)14-18-12(2,3)13(4,5)19-14/h8-9H,1,15H2,2-7H3/b10-9-,16-11?. The van der Waals surface area contributed by atoms with Crippen LogP contribution in [0.3, 0.4) is 0 Å². The van der Waals surface area contributed by atoms with Gasteiger partial charge in [-0.25, -0.2) is 4.99 Å². The van der Waals surface area contributed by atoms with Gasteiger partial charge in [0.15, 0.2) is 0 Å². The molecule has 0 aromatic heterocycles. The lowest BCUT2D eigenvalue weighted by atomic mass is 9.86. The van der Waals surface area contributed by atoms with Crippen molar-refractivity contribution >= 4 is 13.0 Å². The quantitative estimate of drug-likeness (QED) is 0.478. The topological polar surface area (TPSA) is 60.1 Å². The zero-order valence-corrected chi connectivity index (χ0v) is 12.7. The van der Waals surface area contributed by atoms with Gasteiger partial charge in [0.25, 0.3) is 0 Å². The molecule has 2 N–H and O–H groups in total. The van der Waals surface area contributed by atoms with Crippen molar-refractivity contribution in [3.8, 4) is 0 Å². The minimum Gasteiger partial charge on any atom is -0.404 e. The molecule has 19 heavy (non-hydrogen) atoms. The first-order chi connectivity index (χ1) is 8.60. The molecule has 1 aliphatic heterocycles. The lowest BCUT2D eigenvalue weighted by Gasteiger charge is -2.32. The Balaban J connectivity index is 2.86. The molecule has 0 spiro atoms. The highest BCUT2D eigenvalue weighted by Crippen LogP contribution is 2.37. The summed E-state index contributed by atoms with van der Waals surface area (Å²) >= 11 is 0. The van der Waals surface area contributed by atoms with Crippen LogP contribution in [0.25, 0.3) is 0 Å². The molecule has 1 heterocycles. The predicted molar refractivity (Wildman–Crippen MR) is 79.7 cm³/mol. The molecule has 0 aromatic rings. The van der Waals surface area contributed by atoms with E-state index in [4.69, 9.17) is 15.0 Å². The van der Waals surface area contributed by atoms with Crippen molar-refractivity contribution in [2.75, 3.05) is 14.1 Å². The summed E-state index contributed by atoms with van der Waals surface area (Å²) in [5, 5.41) is 0. The number of nitrogens with two attached hydrogens (primary N) is 1. The molecule has 0 bridgehead atoms. The van der Waals surface area contributed by atoms with Gasteiger partial charge in [0.2, 0.25) is 0 Å². The Bertz CT molecular complexity index is 398. The monoisotopic (exact) mass is 265 g/mol. The van der Waals surface area contributed by atoms with Gasteiger partial charge in [-0.2, -0.15) is 0 Å². The summed E-state index contributed by atoms with van der Waals surface area (Å²) in [6.07, 6.45) is 3.22. The van der Waals surface area contributed by atoms with Gasteiger partial charge in [-0.1, -0.05) is 6.58 Å². The molecule has 5 nitrogen and oxygen atoms in total. The lowest BCUT2D eigenvalue weighted by molar-refractivity contribution is 0.00578. The predicted octanol–water partition coefficient (Wildman–Crippen LogP) is 1.56. The van der Waals surface area contributed by atoms with E-state index in [0.29, 0.717) is 5.60 Å². The summed E-state index contributed by atoms with van der Waals surface area (Å²) in [6.45, 7) is 11.6. The zero-order chi connectivity index (χ0) is 14.8. The van der Waals surface area contributed by atoms with Crippen LogP contribution in [0.4, 0.5) is 0 Å². The first kappa shape index (κ1) is 15.8. The Labute approximate surface area is 116 Å². The van der Waals surface area contributed by atoms with Crippen LogP contribution in [0.5, 0.6) is 0 Å². The molecule has 106 valence electrons. The Hall–Kier alpha value is -1.27. The van der Waals surface area contributed by atoms with Gasteiger partial charge >= 0.3 is 7.12 Å². The highest BCUT2D eigenvalue weighted by molar-refractivity contribution is 6.54. The molecule has 0 aliphatic carbocycles. The smallest absolute Gasteiger partial charge is 0.404 e. The van der Waals surface area contributed by atoms with E-state index in [1.54, 1.807) is 12.3 Å². The molecular weight excluding hydrogens is 241 g/mol. The van der Waals surface area contributed by atoms with Crippen LogP contribution < -0.4 is 5.73 Å². The average Bonchev–Trinajstić information content (AvgIpc) is 2.48. The summed E-state index contributed by atoms with van der Waals surface area (Å²) in [7, 11) is 3.21. The zero-order valence-electron chi connectivity index (χ0n) is 12.7. The fraction of sp³-hybridized carbons (Fsp3) is 0.615. The number of hydrogen-bond donors (Lipinski definition) is 1. The molecule has 0 unspecified atom stereocenters. The van der Waals surface area contributed by atoms with Crippen molar-refractivity contribution < 1.29 is 9.31 Å². The largest absolute Gasteiger partial charge is 0.513 e. The molecule has 1 saturated heterocycles. The van der Waals surface area contributed by atoms with Crippen molar-refractivity contribution in [3.05, 3.63) is 24.5 Å². The molecule has 1 fully saturated rings. The summed E-state index contributed by atoms with van der Waals surface area (Å²) in [5.41, 5.74) is 5.62. The van der Waals surface area contributed by atoms with Gasteiger partial charge in [-0.05, 0) is 33.8 Å². The minimum atomic E-state index is -0.568. The molecular formula is C13H24BN3O2. The summed E-state index contributed by atoms with van der Waals surface area (Å²) in [5.74, 6) is 0.722. The van der Waals surface area contributed by atoms with E-state index >= 15 is 0 Å². The summed E-state index contributed by atoms with van der Waals surface area (Å²) in [6, 6.07) is 0. The van der Waals surface area contributed by atoms with Crippen LogP contribution in [0.1, 0.15) is 27.7 Å². The third-order valence-corrected chi connectivity index (χ3v) is 3.51. The maximum atomic E-state index is 5.98. The third-order valence-electron chi connectivity index (χ3n) is 3.51. The molecule has 1 aliphatic rings. The summed E-state index contributed by atoms with van der Waals surface area (Å²) in [4.78, 5) is 6.11. The number of amidine groups is 1. The van der Waals surface area contributed by atoms with Crippen molar-refractivity contribution in [3.63, 3.8) is 0 Å². The van der Waals surface area contributed by atoms with Crippen molar-refractivity contribution in [1.82, 2.24) is 4.90 Å². The molecule has 0 saturated carbocycles. The number of hydrogen-bond acceptors (Lipinski definition) is 4. The first-order valence-electron chi connectivity index (χ1n) is 6.29. The Morgan fingerprint density at radius 1 is 1.21 bits per heavy atom. The van der Waals surface area contributed by atoms with Crippen molar-refractivity contribution in [2.24, 2.45) is 10.7 Å². The first-order valence-corrected chi connectivity index (χ1v) is 6.29. The van der Waals surface area contributed by atoms with Crippen LogP contribution in [0.15, 0.2) is 29.4 Å². The van der Waals surface area contributed by atoms with Gasteiger partial charge in [0, 0.05) is 20.3 Å². The van der Waals surface area contributed by atoms with Crippen molar-refractivity contribution in [1.29, 1.82) is 0 Å². The molecule has 6 heteroatoms. The Kier molecular flexibility index (Phi) is 4.48. The fourth-order valence-electron chi connectivity index (χ4n) is 1.53. The highest BCUT2D eigenvalue weighted by Gasteiger charge is 2.52. The molecule has 0 amide bonds. The SMILES string of the molecule is C=CC(=N/C=C(\N)B1OC(C)(C)C(C)(C)O1)N(C)C.